The molecule has 1 atom stereocenters. The van der Waals surface area contributed by atoms with Crippen LogP contribution in [0.2, 0.25) is 10.2 Å². The van der Waals surface area contributed by atoms with Crippen LogP contribution in [0, 0.1) is 0 Å². The molecule has 0 amide bonds. The summed E-state index contributed by atoms with van der Waals surface area (Å²) in [6.45, 7) is 1.93. The molecule has 2 heterocycles. The van der Waals surface area contributed by atoms with Crippen molar-refractivity contribution in [3.8, 4) is 5.69 Å². The fraction of sp³-hybridized carbons (Fsp3) is 0.0952. The van der Waals surface area contributed by atoms with E-state index >= 15 is 0 Å². The van der Waals surface area contributed by atoms with Gasteiger partial charge in [-0.1, -0.05) is 53.5 Å². The molecular formula is C21H17Cl2N5O. The average molecular weight is 426 g/mol. The standard InChI is InChI=1S/C21H17Cl2N5O/c1-12(25-18-11-17(23)26-21(24)27-18)16-10-13-6-5-9-15(22)19(13)20(29)28(16)14-7-3-2-4-8-14/h2-12H,1H3,(H3,24,25,26,27)/t12-/m0/s1. The lowest BCUT2D eigenvalue weighted by Crippen LogP contribution is -2.25. The normalized spacial score (nSPS) is 12.1. The summed E-state index contributed by atoms with van der Waals surface area (Å²) in [4.78, 5) is 21.4. The van der Waals surface area contributed by atoms with Crippen molar-refractivity contribution in [3.05, 3.63) is 86.9 Å². The molecule has 146 valence electrons. The molecule has 2 aromatic carbocycles. The quantitative estimate of drug-likeness (QED) is 0.456. The third-order valence-electron chi connectivity index (χ3n) is 4.56. The topological polar surface area (TPSA) is 85.8 Å². The Bertz CT molecular complexity index is 1240. The third kappa shape index (κ3) is 3.77. The number of hydrogen-bond donors (Lipinski definition) is 2. The second-order valence-corrected chi connectivity index (χ2v) is 7.34. The number of fused-ring (bicyclic) bond motifs is 1. The van der Waals surface area contributed by atoms with E-state index in [1.165, 1.54) is 0 Å². The summed E-state index contributed by atoms with van der Waals surface area (Å²) in [5.74, 6) is 0.534. The van der Waals surface area contributed by atoms with Crippen LogP contribution in [0.25, 0.3) is 16.5 Å². The van der Waals surface area contributed by atoms with E-state index in [4.69, 9.17) is 28.9 Å². The first-order valence-electron chi connectivity index (χ1n) is 8.90. The molecule has 3 N–H and O–H groups in total. The minimum atomic E-state index is -0.295. The van der Waals surface area contributed by atoms with Gasteiger partial charge in [0.05, 0.1) is 16.5 Å². The number of nitrogens with zero attached hydrogens (tertiary/aromatic N) is 3. The fourth-order valence-electron chi connectivity index (χ4n) is 3.31. The first-order valence-corrected chi connectivity index (χ1v) is 9.66. The Kier molecular flexibility index (Phi) is 5.13. The third-order valence-corrected chi connectivity index (χ3v) is 5.07. The summed E-state index contributed by atoms with van der Waals surface area (Å²) < 4.78 is 1.65. The van der Waals surface area contributed by atoms with Crippen molar-refractivity contribution in [2.45, 2.75) is 13.0 Å². The molecule has 0 aliphatic carbocycles. The van der Waals surface area contributed by atoms with Crippen molar-refractivity contribution in [2.75, 3.05) is 11.1 Å². The Labute approximate surface area is 176 Å². The van der Waals surface area contributed by atoms with E-state index in [0.717, 1.165) is 16.8 Å². The lowest BCUT2D eigenvalue weighted by Gasteiger charge is -2.21. The maximum Gasteiger partial charge on any atom is 0.264 e. The average Bonchev–Trinajstić information content (AvgIpc) is 2.67. The smallest absolute Gasteiger partial charge is 0.264 e. The number of hydrogen-bond acceptors (Lipinski definition) is 5. The van der Waals surface area contributed by atoms with Crippen molar-refractivity contribution in [2.24, 2.45) is 0 Å². The number of anilines is 2. The highest BCUT2D eigenvalue weighted by atomic mass is 35.5. The second-order valence-electron chi connectivity index (χ2n) is 6.55. The summed E-state index contributed by atoms with van der Waals surface area (Å²) in [5.41, 5.74) is 6.98. The molecule has 0 aliphatic rings. The van der Waals surface area contributed by atoms with Crippen molar-refractivity contribution >= 4 is 45.7 Å². The first kappa shape index (κ1) is 19.2. The molecule has 0 bridgehead atoms. The SMILES string of the molecule is C[C@H](Nc1cc(Cl)nc(N)n1)c1cc2cccc(Cl)c2c(=O)n1-c1ccccc1. The van der Waals surface area contributed by atoms with Crippen molar-refractivity contribution in [1.29, 1.82) is 0 Å². The number of aromatic nitrogens is 3. The molecule has 0 aliphatic heterocycles. The van der Waals surface area contributed by atoms with Crippen LogP contribution in [0.5, 0.6) is 0 Å². The lowest BCUT2D eigenvalue weighted by molar-refractivity contribution is 0.773. The van der Waals surface area contributed by atoms with Crippen molar-refractivity contribution in [1.82, 2.24) is 14.5 Å². The van der Waals surface area contributed by atoms with Crippen LogP contribution in [-0.2, 0) is 0 Å². The number of para-hydroxylation sites is 1. The number of nitrogen functional groups attached to an aromatic ring is 1. The Morgan fingerprint density at radius 3 is 2.52 bits per heavy atom. The van der Waals surface area contributed by atoms with Gasteiger partial charge in [0, 0.05) is 17.4 Å². The summed E-state index contributed by atoms with van der Waals surface area (Å²) in [6.07, 6.45) is 0. The van der Waals surface area contributed by atoms with E-state index < -0.39 is 0 Å². The van der Waals surface area contributed by atoms with Gasteiger partial charge < -0.3 is 11.1 Å². The fourth-order valence-corrected chi connectivity index (χ4v) is 3.76. The van der Waals surface area contributed by atoms with Crippen LogP contribution >= 0.6 is 23.2 Å². The van der Waals surface area contributed by atoms with Crippen LogP contribution in [-0.4, -0.2) is 14.5 Å². The Morgan fingerprint density at radius 1 is 1.03 bits per heavy atom. The number of rotatable bonds is 4. The zero-order chi connectivity index (χ0) is 20.5. The van der Waals surface area contributed by atoms with E-state index in [0.29, 0.717) is 16.2 Å². The van der Waals surface area contributed by atoms with E-state index in [1.807, 2.05) is 55.5 Å². The number of halogens is 2. The number of pyridine rings is 1. The molecule has 2 aromatic heterocycles. The molecule has 8 heteroatoms. The molecule has 0 radical (unpaired) electrons. The molecule has 6 nitrogen and oxygen atoms in total. The van der Waals surface area contributed by atoms with Gasteiger partial charge >= 0.3 is 0 Å². The van der Waals surface area contributed by atoms with Crippen LogP contribution in [0.4, 0.5) is 11.8 Å². The molecular weight excluding hydrogens is 409 g/mol. The zero-order valence-corrected chi connectivity index (χ0v) is 16.9. The highest BCUT2D eigenvalue weighted by Gasteiger charge is 2.18. The Morgan fingerprint density at radius 2 is 1.79 bits per heavy atom. The van der Waals surface area contributed by atoms with Gasteiger partial charge in [-0.15, -0.1) is 0 Å². The van der Waals surface area contributed by atoms with Gasteiger partial charge in [-0.3, -0.25) is 9.36 Å². The van der Waals surface area contributed by atoms with Crippen molar-refractivity contribution < 1.29 is 0 Å². The number of nitrogens with one attached hydrogen (secondary N) is 1. The summed E-state index contributed by atoms with van der Waals surface area (Å²) in [5, 5.41) is 5.14. The molecule has 0 unspecified atom stereocenters. The van der Waals surface area contributed by atoms with Crippen LogP contribution in [0.1, 0.15) is 18.7 Å². The molecule has 29 heavy (non-hydrogen) atoms. The predicted octanol–water partition coefficient (Wildman–Crippen LogP) is 4.84. The maximum atomic E-state index is 13.4. The predicted molar refractivity (Wildman–Crippen MR) is 118 cm³/mol. The van der Waals surface area contributed by atoms with Gasteiger partial charge in [-0.25, -0.2) is 4.98 Å². The molecule has 4 aromatic rings. The van der Waals surface area contributed by atoms with Gasteiger partial charge in [0.2, 0.25) is 5.95 Å². The van der Waals surface area contributed by atoms with Gasteiger partial charge in [-0.05, 0) is 36.6 Å². The molecule has 0 spiro atoms. The van der Waals surface area contributed by atoms with E-state index in [2.05, 4.69) is 15.3 Å². The van der Waals surface area contributed by atoms with E-state index in [-0.39, 0.29) is 22.7 Å². The van der Waals surface area contributed by atoms with Gasteiger partial charge in [-0.2, -0.15) is 4.98 Å². The van der Waals surface area contributed by atoms with Crippen LogP contribution in [0.3, 0.4) is 0 Å². The van der Waals surface area contributed by atoms with E-state index in [9.17, 15) is 4.79 Å². The monoisotopic (exact) mass is 425 g/mol. The Balaban J connectivity index is 1.91. The minimum Gasteiger partial charge on any atom is -0.368 e. The summed E-state index contributed by atoms with van der Waals surface area (Å²) in [7, 11) is 0. The van der Waals surface area contributed by atoms with Crippen molar-refractivity contribution in [3.63, 3.8) is 0 Å². The molecule has 0 saturated carbocycles. The van der Waals surface area contributed by atoms with Gasteiger partial charge in [0.15, 0.2) is 0 Å². The van der Waals surface area contributed by atoms with E-state index in [1.54, 1.807) is 16.7 Å². The second kappa shape index (κ2) is 7.73. The maximum absolute atomic E-state index is 13.4. The lowest BCUT2D eigenvalue weighted by atomic mass is 10.1. The van der Waals surface area contributed by atoms with Crippen LogP contribution < -0.4 is 16.6 Å². The Hall–Kier alpha value is -3.09. The highest BCUT2D eigenvalue weighted by Crippen LogP contribution is 2.27. The summed E-state index contributed by atoms with van der Waals surface area (Å²) in [6, 6.07) is 18.0. The highest BCUT2D eigenvalue weighted by molar-refractivity contribution is 6.35. The number of benzene rings is 2. The molecule has 0 fully saturated rings. The molecule has 0 saturated heterocycles. The summed E-state index contributed by atoms with van der Waals surface area (Å²) >= 11 is 12.3. The first-order chi connectivity index (χ1) is 13.9. The van der Waals surface area contributed by atoms with Crippen LogP contribution in [0.15, 0.2) is 65.5 Å². The minimum absolute atomic E-state index is 0.0675. The van der Waals surface area contributed by atoms with Gasteiger partial charge in [0.25, 0.3) is 5.56 Å². The molecule has 4 rings (SSSR count). The van der Waals surface area contributed by atoms with Gasteiger partial charge in [0.1, 0.15) is 11.0 Å². The number of nitrogens with two attached hydrogens (primary N) is 1. The zero-order valence-electron chi connectivity index (χ0n) is 15.4. The largest absolute Gasteiger partial charge is 0.368 e.